The largest absolute Gasteiger partial charge is 0.496 e. The summed E-state index contributed by atoms with van der Waals surface area (Å²) >= 11 is 0. The summed E-state index contributed by atoms with van der Waals surface area (Å²) in [5.41, 5.74) is 1.30. The maximum Gasteiger partial charge on any atom is 0.350 e. The Balaban J connectivity index is 1.58. The Hall–Kier alpha value is -4.47. The molecule has 2 aromatic heterocycles. The maximum absolute atomic E-state index is 12.7. The normalized spacial score (nSPS) is 10.7. The minimum Gasteiger partial charge on any atom is -0.496 e. The molecule has 1 amide bonds. The van der Waals surface area contributed by atoms with Gasteiger partial charge >= 0.3 is 5.69 Å². The molecule has 0 radical (unpaired) electrons. The summed E-state index contributed by atoms with van der Waals surface area (Å²) in [6, 6.07) is 16.0. The summed E-state index contributed by atoms with van der Waals surface area (Å²) in [4.78, 5) is 35.6. The molecule has 0 aliphatic rings. The van der Waals surface area contributed by atoms with E-state index in [9.17, 15) is 19.7 Å². The second kappa shape index (κ2) is 8.11. The highest BCUT2D eigenvalue weighted by atomic mass is 16.6. The molecular formula is C21H17N5O5. The number of hydrogen-bond acceptors (Lipinski definition) is 6. The Labute approximate surface area is 175 Å². The zero-order chi connectivity index (χ0) is 22.0. The van der Waals surface area contributed by atoms with Gasteiger partial charge in [-0.2, -0.15) is 0 Å². The van der Waals surface area contributed by atoms with Crippen molar-refractivity contribution in [2.24, 2.45) is 0 Å². The molecule has 4 rings (SSSR count). The van der Waals surface area contributed by atoms with Gasteiger partial charge in [0.25, 0.3) is 11.6 Å². The van der Waals surface area contributed by atoms with Gasteiger partial charge in [-0.1, -0.05) is 18.2 Å². The molecule has 1 N–H and O–H groups in total. The zero-order valence-corrected chi connectivity index (χ0v) is 16.4. The van der Waals surface area contributed by atoms with E-state index < -0.39 is 10.8 Å². The summed E-state index contributed by atoms with van der Waals surface area (Å²) in [7, 11) is 1.38. The van der Waals surface area contributed by atoms with Gasteiger partial charge in [-0.15, -0.1) is 5.10 Å². The van der Waals surface area contributed by atoms with Crippen LogP contribution in [-0.2, 0) is 6.54 Å². The van der Waals surface area contributed by atoms with Crippen molar-refractivity contribution in [3.8, 4) is 5.75 Å². The van der Waals surface area contributed by atoms with Crippen molar-refractivity contribution in [2.45, 2.75) is 6.54 Å². The van der Waals surface area contributed by atoms with E-state index >= 15 is 0 Å². The lowest BCUT2D eigenvalue weighted by Crippen LogP contribution is -2.21. The van der Waals surface area contributed by atoms with Gasteiger partial charge in [-0.05, 0) is 35.9 Å². The minimum absolute atomic E-state index is 0.0404. The highest BCUT2D eigenvalue weighted by Gasteiger charge is 2.18. The molecule has 0 unspecified atom stereocenters. The first kappa shape index (κ1) is 19.8. The fourth-order valence-corrected chi connectivity index (χ4v) is 3.18. The van der Waals surface area contributed by atoms with Crippen LogP contribution in [0.5, 0.6) is 5.75 Å². The third kappa shape index (κ3) is 3.99. The van der Waals surface area contributed by atoms with Crippen molar-refractivity contribution in [1.29, 1.82) is 0 Å². The fraction of sp³-hybridized carbons (Fsp3) is 0.0952. The number of nitrogens with zero attached hydrogens (tertiary/aromatic N) is 4. The van der Waals surface area contributed by atoms with Crippen LogP contribution in [-0.4, -0.2) is 32.1 Å². The number of rotatable bonds is 6. The molecule has 31 heavy (non-hydrogen) atoms. The molecule has 2 heterocycles. The highest BCUT2D eigenvalue weighted by Crippen LogP contribution is 2.25. The number of methoxy groups -OCH3 is 1. The summed E-state index contributed by atoms with van der Waals surface area (Å²) in [5.74, 6) is -0.335. The van der Waals surface area contributed by atoms with Crippen molar-refractivity contribution in [3.63, 3.8) is 0 Å². The number of nitro benzene ring substituents is 1. The molecule has 10 heteroatoms. The van der Waals surface area contributed by atoms with Crippen molar-refractivity contribution in [2.75, 3.05) is 12.4 Å². The molecule has 0 atom stereocenters. The Morgan fingerprint density at radius 2 is 2.00 bits per heavy atom. The lowest BCUT2D eigenvalue weighted by atomic mass is 10.1. The van der Waals surface area contributed by atoms with Gasteiger partial charge in [-0.25, -0.2) is 9.48 Å². The molecular weight excluding hydrogens is 402 g/mol. The van der Waals surface area contributed by atoms with Gasteiger partial charge in [0, 0.05) is 24.0 Å². The Morgan fingerprint density at radius 3 is 2.74 bits per heavy atom. The van der Waals surface area contributed by atoms with Crippen LogP contribution < -0.4 is 15.7 Å². The summed E-state index contributed by atoms with van der Waals surface area (Å²) in [5, 5.41) is 18.0. The number of nitrogens with one attached hydrogen (secondary N) is 1. The number of non-ortho nitro benzene ring substituents is 1. The predicted molar refractivity (Wildman–Crippen MR) is 113 cm³/mol. The number of anilines is 1. The number of carbonyl (C=O) groups is 1. The molecule has 0 aliphatic heterocycles. The highest BCUT2D eigenvalue weighted by molar-refractivity contribution is 6.06. The summed E-state index contributed by atoms with van der Waals surface area (Å²) < 4.78 is 7.93. The van der Waals surface area contributed by atoms with Crippen LogP contribution in [0.1, 0.15) is 15.9 Å². The lowest BCUT2D eigenvalue weighted by Gasteiger charge is -2.10. The van der Waals surface area contributed by atoms with E-state index in [0.29, 0.717) is 11.3 Å². The van der Waals surface area contributed by atoms with Crippen LogP contribution in [0.3, 0.4) is 0 Å². The van der Waals surface area contributed by atoms with E-state index in [1.807, 2.05) is 0 Å². The lowest BCUT2D eigenvalue weighted by molar-refractivity contribution is -0.384. The zero-order valence-electron chi connectivity index (χ0n) is 16.4. The Kier molecular flexibility index (Phi) is 5.19. The van der Waals surface area contributed by atoms with E-state index in [1.165, 1.54) is 28.3 Å². The fourth-order valence-electron chi connectivity index (χ4n) is 3.18. The van der Waals surface area contributed by atoms with E-state index in [2.05, 4.69) is 10.4 Å². The van der Waals surface area contributed by atoms with E-state index in [-0.39, 0.29) is 29.2 Å². The van der Waals surface area contributed by atoms with Gasteiger partial charge in [-0.3, -0.25) is 19.3 Å². The van der Waals surface area contributed by atoms with Gasteiger partial charge < -0.3 is 10.1 Å². The SMILES string of the molecule is COc1ccc([N+](=O)[O-])cc1C(=O)Nc1cccc(Cn2nc3ccccn3c2=O)c1. The number of ether oxygens (including phenoxy) is 1. The van der Waals surface area contributed by atoms with Crippen LogP contribution >= 0.6 is 0 Å². The van der Waals surface area contributed by atoms with Crippen molar-refractivity contribution in [1.82, 2.24) is 14.2 Å². The van der Waals surface area contributed by atoms with Crippen molar-refractivity contribution in [3.05, 3.63) is 98.6 Å². The van der Waals surface area contributed by atoms with Crippen molar-refractivity contribution >= 4 is 22.9 Å². The van der Waals surface area contributed by atoms with Gasteiger partial charge in [0.2, 0.25) is 0 Å². The molecule has 4 aromatic rings. The topological polar surface area (TPSA) is 121 Å². The molecule has 2 aromatic carbocycles. The third-order valence-corrected chi connectivity index (χ3v) is 4.64. The summed E-state index contributed by atoms with van der Waals surface area (Å²) in [6.07, 6.45) is 1.64. The molecule has 156 valence electrons. The van der Waals surface area contributed by atoms with Gasteiger partial charge in [0.15, 0.2) is 5.65 Å². The monoisotopic (exact) mass is 419 g/mol. The number of hydrogen-bond donors (Lipinski definition) is 1. The Bertz CT molecular complexity index is 1360. The van der Waals surface area contributed by atoms with E-state index in [0.717, 1.165) is 11.6 Å². The second-order valence-corrected chi connectivity index (χ2v) is 6.67. The molecule has 0 saturated carbocycles. The van der Waals surface area contributed by atoms with Gasteiger partial charge in [0.05, 0.1) is 24.1 Å². The number of nitro groups is 1. The smallest absolute Gasteiger partial charge is 0.350 e. The number of amides is 1. The van der Waals surface area contributed by atoms with E-state index in [4.69, 9.17) is 4.74 Å². The first-order chi connectivity index (χ1) is 15.0. The first-order valence-corrected chi connectivity index (χ1v) is 9.23. The van der Waals surface area contributed by atoms with Crippen molar-refractivity contribution < 1.29 is 14.5 Å². The maximum atomic E-state index is 12.7. The summed E-state index contributed by atoms with van der Waals surface area (Å²) in [6.45, 7) is 0.213. The standard InChI is InChI=1S/C21H17N5O5/c1-31-18-9-8-16(26(29)30)12-17(18)20(27)22-15-6-4-5-14(11-15)13-25-21(28)24-10-3-2-7-19(24)23-25/h2-12H,13H2,1H3,(H,22,27). The molecule has 0 saturated heterocycles. The molecule has 10 nitrogen and oxygen atoms in total. The predicted octanol–water partition coefficient (Wildman–Crippen LogP) is 2.71. The van der Waals surface area contributed by atoms with Crippen LogP contribution in [0.4, 0.5) is 11.4 Å². The quantitative estimate of drug-likeness (QED) is 0.379. The van der Waals surface area contributed by atoms with E-state index in [1.54, 1.807) is 48.7 Å². The average molecular weight is 419 g/mol. The number of fused-ring (bicyclic) bond motifs is 1. The average Bonchev–Trinajstić information content (AvgIpc) is 3.09. The van der Waals surface area contributed by atoms with Crippen LogP contribution in [0, 0.1) is 10.1 Å². The number of carbonyl (C=O) groups excluding carboxylic acids is 1. The van der Waals surface area contributed by atoms with Gasteiger partial charge in [0.1, 0.15) is 5.75 Å². The number of aromatic nitrogens is 3. The van der Waals surface area contributed by atoms with Crippen LogP contribution in [0.2, 0.25) is 0 Å². The third-order valence-electron chi connectivity index (χ3n) is 4.64. The molecule has 0 fully saturated rings. The number of pyridine rings is 1. The van der Waals surface area contributed by atoms with Crippen LogP contribution in [0.25, 0.3) is 5.65 Å². The van der Waals surface area contributed by atoms with Crippen LogP contribution in [0.15, 0.2) is 71.7 Å². The first-order valence-electron chi connectivity index (χ1n) is 9.23. The second-order valence-electron chi connectivity index (χ2n) is 6.67. The number of benzene rings is 2. The molecule has 0 spiro atoms. The molecule has 0 aliphatic carbocycles. The minimum atomic E-state index is -0.580. The Morgan fingerprint density at radius 1 is 1.16 bits per heavy atom. The molecule has 0 bridgehead atoms.